The van der Waals surface area contributed by atoms with Crippen LogP contribution in [0.3, 0.4) is 0 Å². The third-order valence-corrected chi connectivity index (χ3v) is 4.13. The minimum Gasteiger partial charge on any atom is -0.468 e. The molecule has 1 aromatic carbocycles. The van der Waals surface area contributed by atoms with Crippen LogP contribution in [-0.4, -0.2) is 43.0 Å². The fourth-order valence-corrected chi connectivity index (χ4v) is 2.68. The molecule has 0 saturated carbocycles. The first-order valence-corrected chi connectivity index (χ1v) is 7.33. The minimum atomic E-state index is -0.338. The van der Waals surface area contributed by atoms with Crippen LogP contribution in [0.1, 0.15) is 12.8 Å². The third kappa shape index (κ3) is 4.09. The predicted octanol–water partition coefficient (Wildman–Crippen LogP) is 2.57. The minimum absolute atomic E-state index is 0.139. The van der Waals surface area contributed by atoms with E-state index < -0.39 is 0 Å². The third-order valence-electron chi connectivity index (χ3n) is 3.39. The van der Waals surface area contributed by atoms with Crippen LogP contribution >= 0.6 is 23.2 Å². The van der Waals surface area contributed by atoms with Gasteiger partial charge in [0.15, 0.2) is 0 Å². The molecule has 1 aromatic rings. The molecule has 0 aromatic heterocycles. The van der Waals surface area contributed by atoms with E-state index in [0.29, 0.717) is 28.7 Å². The van der Waals surface area contributed by atoms with Crippen LogP contribution in [0.2, 0.25) is 10.0 Å². The average Bonchev–Trinajstić information content (AvgIpc) is 2.90. The summed E-state index contributed by atoms with van der Waals surface area (Å²) in [7, 11) is 1.36. The lowest BCUT2D eigenvalue weighted by atomic mass is 10.2. The average molecular weight is 331 g/mol. The SMILES string of the molecule is COC(=O)C1CCCN1CC(=O)Nc1ccc(Cl)c(Cl)c1. The molecule has 1 amide bonds. The Kier molecular flexibility index (Phi) is 5.45. The van der Waals surface area contributed by atoms with Crippen molar-refractivity contribution in [1.29, 1.82) is 0 Å². The topological polar surface area (TPSA) is 58.6 Å². The van der Waals surface area contributed by atoms with Gasteiger partial charge in [0.05, 0.1) is 23.7 Å². The van der Waals surface area contributed by atoms with E-state index in [1.165, 1.54) is 7.11 Å². The number of esters is 1. The first-order valence-electron chi connectivity index (χ1n) is 6.58. The van der Waals surface area contributed by atoms with Crippen molar-refractivity contribution in [1.82, 2.24) is 4.90 Å². The van der Waals surface area contributed by atoms with Crippen LogP contribution in [0.15, 0.2) is 18.2 Å². The van der Waals surface area contributed by atoms with Crippen LogP contribution in [0.25, 0.3) is 0 Å². The van der Waals surface area contributed by atoms with E-state index in [4.69, 9.17) is 27.9 Å². The van der Waals surface area contributed by atoms with Gasteiger partial charge in [-0.3, -0.25) is 14.5 Å². The number of carbonyl (C=O) groups is 2. The molecule has 5 nitrogen and oxygen atoms in total. The van der Waals surface area contributed by atoms with E-state index in [-0.39, 0.29) is 24.5 Å². The number of methoxy groups -OCH3 is 1. The monoisotopic (exact) mass is 330 g/mol. The molecule has 1 heterocycles. The molecule has 0 spiro atoms. The van der Waals surface area contributed by atoms with Crippen molar-refractivity contribution in [2.75, 3.05) is 25.5 Å². The van der Waals surface area contributed by atoms with Crippen molar-refractivity contribution in [3.8, 4) is 0 Å². The van der Waals surface area contributed by atoms with Gasteiger partial charge in [0.25, 0.3) is 0 Å². The van der Waals surface area contributed by atoms with E-state index in [9.17, 15) is 9.59 Å². The number of hydrogen-bond acceptors (Lipinski definition) is 4. The lowest BCUT2D eigenvalue weighted by molar-refractivity contribution is -0.146. The Bertz CT molecular complexity index is 551. The number of amides is 1. The van der Waals surface area contributed by atoms with E-state index in [0.717, 1.165) is 6.42 Å². The first-order chi connectivity index (χ1) is 10.0. The van der Waals surface area contributed by atoms with Crippen molar-refractivity contribution in [2.24, 2.45) is 0 Å². The fraction of sp³-hybridized carbons (Fsp3) is 0.429. The van der Waals surface area contributed by atoms with Crippen LogP contribution in [0, 0.1) is 0 Å². The lowest BCUT2D eigenvalue weighted by Crippen LogP contribution is -2.41. The van der Waals surface area contributed by atoms with E-state index in [1.54, 1.807) is 18.2 Å². The van der Waals surface area contributed by atoms with Gasteiger partial charge in [0.2, 0.25) is 5.91 Å². The molecule has 0 aliphatic carbocycles. The maximum atomic E-state index is 12.0. The summed E-state index contributed by atoms with van der Waals surface area (Å²) in [5.74, 6) is -0.501. The second-order valence-electron chi connectivity index (χ2n) is 4.83. The standard InChI is InChI=1S/C14H16Cl2N2O3/c1-21-14(20)12-3-2-6-18(12)8-13(19)17-9-4-5-10(15)11(16)7-9/h4-5,7,12H,2-3,6,8H2,1H3,(H,17,19). The molecule has 2 rings (SSSR count). The van der Waals surface area contributed by atoms with Gasteiger partial charge in [0, 0.05) is 5.69 Å². The van der Waals surface area contributed by atoms with Crippen molar-refractivity contribution >= 4 is 40.8 Å². The number of likely N-dealkylation sites (tertiary alicyclic amines) is 1. The molecule has 114 valence electrons. The Labute approximate surface area is 133 Å². The number of anilines is 1. The molecule has 1 aliphatic rings. The highest BCUT2D eigenvalue weighted by atomic mass is 35.5. The van der Waals surface area contributed by atoms with Crippen LogP contribution < -0.4 is 5.32 Å². The molecule has 1 atom stereocenters. The summed E-state index contributed by atoms with van der Waals surface area (Å²) in [6.07, 6.45) is 1.59. The lowest BCUT2D eigenvalue weighted by Gasteiger charge is -2.21. The van der Waals surface area contributed by atoms with Gasteiger partial charge >= 0.3 is 5.97 Å². The van der Waals surface area contributed by atoms with Crippen molar-refractivity contribution in [3.63, 3.8) is 0 Å². The number of rotatable bonds is 4. The Morgan fingerprint density at radius 2 is 2.14 bits per heavy atom. The molecular formula is C14H16Cl2N2O3. The molecule has 1 aliphatic heterocycles. The van der Waals surface area contributed by atoms with Gasteiger partial charge in [-0.15, -0.1) is 0 Å². The summed E-state index contributed by atoms with van der Waals surface area (Å²) >= 11 is 11.7. The second-order valence-corrected chi connectivity index (χ2v) is 5.64. The number of hydrogen-bond donors (Lipinski definition) is 1. The summed E-state index contributed by atoms with van der Waals surface area (Å²) in [6.45, 7) is 0.842. The molecular weight excluding hydrogens is 315 g/mol. The summed E-state index contributed by atoms with van der Waals surface area (Å²) in [4.78, 5) is 25.5. The summed E-state index contributed by atoms with van der Waals surface area (Å²) in [5, 5.41) is 3.55. The number of nitrogens with zero attached hydrogens (tertiary/aromatic N) is 1. The zero-order valence-corrected chi connectivity index (χ0v) is 13.1. The quantitative estimate of drug-likeness (QED) is 0.862. The van der Waals surface area contributed by atoms with Crippen LogP contribution in [0.4, 0.5) is 5.69 Å². The normalized spacial score (nSPS) is 18.5. The Morgan fingerprint density at radius 3 is 2.81 bits per heavy atom. The van der Waals surface area contributed by atoms with Gasteiger partial charge in [-0.25, -0.2) is 0 Å². The Balaban J connectivity index is 1.95. The molecule has 1 fully saturated rings. The second kappa shape index (κ2) is 7.11. The predicted molar refractivity (Wildman–Crippen MR) is 81.7 cm³/mol. The zero-order valence-electron chi connectivity index (χ0n) is 11.6. The summed E-state index contributed by atoms with van der Waals surface area (Å²) in [6, 6.07) is 4.54. The zero-order chi connectivity index (χ0) is 15.4. The molecule has 1 saturated heterocycles. The summed E-state index contributed by atoms with van der Waals surface area (Å²) < 4.78 is 4.75. The van der Waals surface area contributed by atoms with Crippen molar-refractivity contribution < 1.29 is 14.3 Å². The van der Waals surface area contributed by atoms with Crippen LogP contribution in [0.5, 0.6) is 0 Å². The fourth-order valence-electron chi connectivity index (χ4n) is 2.38. The Hall–Kier alpha value is -1.30. The highest BCUT2D eigenvalue weighted by molar-refractivity contribution is 6.42. The smallest absolute Gasteiger partial charge is 0.323 e. The van der Waals surface area contributed by atoms with E-state index in [2.05, 4.69) is 5.32 Å². The van der Waals surface area contributed by atoms with Gasteiger partial charge < -0.3 is 10.1 Å². The maximum Gasteiger partial charge on any atom is 0.323 e. The largest absolute Gasteiger partial charge is 0.468 e. The number of carbonyl (C=O) groups excluding carboxylic acids is 2. The summed E-state index contributed by atoms with van der Waals surface area (Å²) in [5.41, 5.74) is 0.572. The van der Waals surface area contributed by atoms with Crippen molar-refractivity contribution in [3.05, 3.63) is 28.2 Å². The van der Waals surface area contributed by atoms with Gasteiger partial charge in [-0.2, -0.15) is 0 Å². The first kappa shape index (κ1) is 16.1. The molecule has 7 heteroatoms. The van der Waals surface area contributed by atoms with Gasteiger partial charge in [0.1, 0.15) is 6.04 Å². The van der Waals surface area contributed by atoms with E-state index in [1.807, 2.05) is 4.90 Å². The number of benzene rings is 1. The maximum absolute atomic E-state index is 12.0. The number of halogens is 2. The van der Waals surface area contributed by atoms with Crippen molar-refractivity contribution in [2.45, 2.75) is 18.9 Å². The molecule has 1 unspecified atom stereocenters. The highest BCUT2D eigenvalue weighted by Gasteiger charge is 2.32. The van der Waals surface area contributed by atoms with Crippen LogP contribution in [-0.2, 0) is 14.3 Å². The van der Waals surface area contributed by atoms with E-state index >= 15 is 0 Å². The number of ether oxygens (including phenoxy) is 1. The highest BCUT2D eigenvalue weighted by Crippen LogP contribution is 2.25. The Morgan fingerprint density at radius 1 is 1.38 bits per heavy atom. The number of nitrogens with one attached hydrogen (secondary N) is 1. The van der Waals surface area contributed by atoms with Gasteiger partial charge in [-0.05, 0) is 37.6 Å². The molecule has 0 radical (unpaired) electrons. The van der Waals surface area contributed by atoms with Gasteiger partial charge in [-0.1, -0.05) is 23.2 Å². The molecule has 21 heavy (non-hydrogen) atoms. The molecule has 1 N–H and O–H groups in total. The molecule has 0 bridgehead atoms.